The Morgan fingerprint density at radius 1 is 1.31 bits per heavy atom. The lowest BCUT2D eigenvalue weighted by Crippen LogP contribution is -2.37. The molecule has 3 N–H and O–H groups in total. The van der Waals surface area contributed by atoms with Crippen LogP contribution >= 0.6 is 0 Å². The number of carbonyl (C=O) groups excluding carboxylic acids is 1. The van der Waals surface area contributed by atoms with Gasteiger partial charge in [0.1, 0.15) is 6.04 Å². The van der Waals surface area contributed by atoms with Crippen molar-refractivity contribution in [2.75, 3.05) is 0 Å². The van der Waals surface area contributed by atoms with Gasteiger partial charge in [0.25, 0.3) is 5.91 Å². The van der Waals surface area contributed by atoms with Crippen LogP contribution in [0.1, 0.15) is 5.56 Å². The van der Waals surface area contributed by atoms with E-state index >= 15 is 0 Å². The Morgan fingerprint density at radius 2 is 2.00 bits per heavy atom. The highest BCUT2D eigenvalue weighted by molar-refractivity contribution is 6.19. The van der Waals surface area contributed by atoms with E-state index in [0.717, 1.165) is 5.56 Å². The third-order valence-corrected chi connectivity index (χ3v) is 1.93. The lowest BCUT2D eigenvalue weighted by atomic mass is 10.0. The molecule has 0 fully saturated rings. The number of nitrogens with zero attached hydrogens (tertiary/aromatic N) is 1. The van der Waals surface area contributed by atoms with Crippen molar-refractivity contribution in [3.63, 3.8) is 0 Å². The molecule has 1 heterocycles. The first-order valence-electron chi connectivity index (χ1n) is 3.97. The Hall–Kier alpha value is -1.68. The van der Waals surface area contributed by atoms with Crippen LogP contribution in [0.25, 0.3) is 0 Å². The number of nitrogens with one attached hydrogen (secondary N) is 1. The maximum absolute atomic E-state index is 11.0. The van der Waals surface area contributed by atoms with Gasteiger partial charge in [0, 0.05) is 0 Å². The minimum atomic E-state index is -0.637. The largest absolute Gasteiger partial charge is 0.315 e. The van der Waals surface area contributed by atoms with Gasteiger partial charge in [0.15, 0.2) is 0 Å². The summed E-state index contributed by atoms with van der Waals surface area (Å²) in [5.41, 5.74) is 9.44. The van der Waals surface area contributed by atoms with E-state index in [4.69, 9.17) is 5.73 Å². The molecule has 0 aromatic heterocycles. The number of carbonyl (C=O) groups is 1. The maximum atomic E-state index is 11.0. The maximum Gasteiger partial charge on any atom is 0.263 e. The lowest BCUT2D eigenvalue weighted by Gasteiger charge is -2.02. The quantitative estimate of drug-likeness (QED) is 0.623. The van der Waals surface area contributed by atoms with E-state index in [1.165, 1.54) is 0 Å². The molecule has 0 saturated heterocycles. The smallest absolute Gasteiger partial charge is 0.263 e. The molecular weight excluding hydrogens is 166 g/mol. The van der Waals surface area contributed by atoms with E-state index in [-0.39, 0.29) is 5.91 Å². The molecule has 1 aliphatic rings. The van der Waals surface area contributed by atoms with Gasteiger partial charge in [-0.15, -0.1) is 0 Å². The fourth-order valence-corrected chi connectivity index (χ4v) is 1.23. The van der Waals surface area contributed by atoms with Crippen molar-refractivity contribution >= 4 is 11.6 Å². The average Bonchev–Trinajstić information content (AvgIpc) is 2.49. The van der Waals surface area contributed by atoms with Crippen LogP contribution < -0.4 is 11.2 Å². The van der Waals surface area contributed by atoms with Crippen LogP contribution in [0.3, 0.4) is 0 Å². The predicted molar refractivity (Wildman–Crippen MR) is 49.1 cm³/mol. The highest BCUT2D eigenvalue weighted by Crippen LogP contribution is 2.06. The van der Waals surface area contributed by atoms with Gasteiger partial charge in [-0.1, -0.05) is 30.3 Å². The number of rotatable bonds is 1. The zero-order valence-corrected chi connectivity index (χ0v) is 6.90. The third-order valence-electron chi connectivity index (χ3n) is 1.93. The Labute approximate surface area is 75.4 Å². The zero-order valence-electron chi connectivity index (χ0n) is 6.90. The van der Waals surface area contributed by atoms with E-state index < -0.39 is 6.04 Å². The van der Waals surface area contributed by atoms with Crippen LogP contribution in [0, 0.1) is 0 Å². The molecule has 2 rings (SSSR count). The van der Waals surface area contributed by atoms with Gasteiger partial charge in [-0.2, -0.15) is 5.10 Å². The van der Waals surface area contributed by atoms with Crippen molar-refractivity contribution in [1.82, 2.24) is 5.43 Å². The first-order valence-corrected chi connectivity index (χ1v) is 3.97. The van der Waals surface area contributed by atoms with Crippen LogP contribution in [0.15, 0.2) is 35.4 Å². The summed E-state index contributed by atoms with van der Waals surface area (Å²) in [6, 6.07) is 8.78. The van der Waals surface area contributed by atoms with Crippen molar-refractivity contribution in [3.05, 3.63) is 35.9 Å². The van der Waals surface area contributed by atoms with Gasteiger partial charge in [0.05, 0.1) is 5.71 Å². The fraction of sp³-hybridized carbons (Fsp3) is 0.111. The van der Waals surface area contributed by atoms with Crippen LogP contribution in [0.5, 0.6) is 0 Å². The highest BCUT2D eigenvalue weighted by atomic mass is 16.2. The Bertz CT molecular complexity index is 358. The number of hydrazone groups is 1. The first kappa shape index (κ1) is 7.94. The summed E-state index contributed by atoms with van der Waals surface area (Å²) >= 11 is 0. The molecule has 0 saturated carbocycles. The van der Waals surface area contributed by atoms with Crippen molar-refractivity contribution < 1.29 is 4.79 Å². The number of benzene rings is 1. The van der Waals surface area contributed by atoms with E-state index in [9.17, 15) is 4.79 Å². The van der Waals surface area contributed by atoms with Gasteiger partial charge in [0.2, 0.25) is 0 Å². The standard InChI is InChI=1S/C9H9N3O/c10-7-8(11-12-9(7)13)6-4-2-1-3-5-6/h1-5,7H,10H2,(H,12,13). The van der Waals surface area contributed by atoms with Crippen LogP contribution in [0.4, 0.5) is 0 Å². The molecule has 1 aromatic rings. The third kappa shape index (κ3) is 1.31. The van der Waals surface area contributed by atoms with E-state index in [1.807, 2.05) is 30.3 Å². The molecule has 1 aromatic carbocycles. The normalized spacial score (nSPS) is 21.2. The number of amides is 1. The second kappa shape index (κ2) is 2.99. The summed E-state index contributed by atoms with van der Waals surface area (Å²) in [7, 11) is 0. The number of hydrogen-bond donors (Lipinski definition) is 2. The Kier molecular flexibility index (Phi) is 1.83. The molecule has 1 amide bonds. The van der Waals surface area contributed by atoms with Gasteiger partial charge in [-0.05, 0) is 5.56 Å². The van der Waals surface area contributed by atoms with Crippen molar-refractivity contribution in [3.8, 4) is 0 Å². The molecule has 13 heavy (non-hydrogen) atoms. The Morgan fingerprint density at radius 3 is 2.54 bits per heavy atom. The van der Waals surface area contributed by atoms with Crippen LogP contribution in [-0.4, -0.2) is 17.7 Å². The molecule has 1 unspecified atom stereocenters. The molecule has 66 valence electrons. The highest BCUT2D eigenvalue weighted by Gasteiger charge is 2.26. The Balaban J connectivity index is 2.34. The molecule has 4 nitrogen and oxygen atoms in total. The minimum Gasteiger partial charge on any atom is -0.315 e. The van der Waals surface area contributed by atoms with Crippen molar-refractivity contribution in [2.24, 2.45) is 10.8 Å². The molecule has 0 spiro atoms. The van der Waals surface area contributed by atoms with Crippen LogP contribution in [-0.2, 0) is 4.79 Å². The summed E-state index contributed by atoms with van der Waals surface area (Å²) in [4.78, 5) is 11.0. The molecule has 0 aliphatic carbocycles. The first-order chi connectivity index (χ1) is 6.29. The molecule has 0 radical (unpaired) electrons. The molecule has 4 heteroatoms. The summed E-state index contributed by atoms with van der Waals surface area (Å²) in [6.45, 7) is 0. The number of hydrogen-bond acceptors (Lipinski definition) is 3. The monoisotopic (exact) mass is 175 g/mol. The summed E-state index contributed by atoms with van der Waals surface area (Å²) in [6.07, 6.45) is 0. The molecule has 0 bridgehead atoms. The van der Waals surface area contributed by atoms with E-state index in [1.54, 1.807) is 0 Å². The summed E-state index contributed by atoms with van der Waals surface area (Å²) in [5.74, 6) is -0.251. The van der Waals surface area contributed by atoms with Crippen molar-refractivity contribution in [2.45, 2.75) is 6.04 Å². The van der Waals surface area contributed by atoms with Gasteiger partial charge < -0.3 is 5.73 Å². The van der Waals surface area contributed by atoms with Crippen LogP contribution in [0.2, 0.25) is 0 Å². The fourth-order valence-electron chi connectivity index (χ4n) is 1.23. The van der Waals surface area contributed by atoms with Gasteiger partial charge >= 0.3 is 0 Å². The molecule has 1 atom stereocenters. The second-order valence-electron chi connectivity index (χ2n) is 2.82. The predicted octanol–water partition coefficient (Wildman–Crippen LogP) is -0.152. The minimum absolute atomic E-state index is 0.251. The van der Waals surface area contributed by atoms with Gasteiger partial charge in [-0.3, -0.25) is 4.79 Å². The SMILES string of the molecule is NC1C(=O)NN=C1c1ccccc1. The van der Waals surface area contributed by atoms with E-state index in [2.05, 4.69) is 10.5 Å². The lowest BCUT2D eigenvalue weighted by molar-refractivity contribution is -0.120. The molecule has 1 aliphatic heterocycles. The number of nitrogens with two attached hydrogens (primary N) is 1. The topological polar surface area (TPSA) is 67.5 Å². The summed E-state index contributed by atoms with van der Waals surface area (Å²) < 4.78 is 0. The van der Waals surface area contributed by atoms with E-state index in [0.29, 0.717) is 5.71 Å². The zero-order chi connectivity index (χ0) is 9.26. The molecular formula is C9H9N3O. The summed E-state index contributed by atoms with van der Waals surface area (Å²) in [5, 5.41) is 3.86. The average molecular weight is 175 g/mol. The second-order valence-corrected chi connectivity index (χ2v) is 2.82. The van der Waals surface area contributed by atoms with Crippen molar-refractivity contribution in [1.29, 1.82) is 0 Å². The van der Waals surface area contributed by atoms with Gasteiger partial charge in [-0.25, -0.2) is 5.43 Å².